The van der Waals surface area contributed by atoms with Gasteiger partial charge in [0.15, 0.2) is 0 Å². The van der Waals surface area contributed by atoms with Crippen molar-refractivity contribution >= 4 is 5.91 Å². The van der Waals surface area contributed by atoms with Gasteiger partial charge >= 0.3 is 0 Å². The molecule has 0 saturated heterocycles. The van der Waals surface area contributed by atoms with Crippen LogP contribution >= 0.6 is 0 Å². The third-order valence-electron chi connectivity index (χ3n) is 3.05. The number of methoxy groups -OCH3 is 1. The summed E-state index contributed by atoms with van der Waals surface area (Å²) in [5, 5.41) is 2.87. The molecule has 3 N–H and O–H groups in total. The van der Waals surface area contributed by atoms with Crippen LogP contribution in [0.5, 0.6) is 5.75 Å². The van der Waals surface area contributed by atoms with Crippen LogP contribution in [0.4, 0.5) is 0 Å². The molecule has 1 amide bonds. The van der Waals surface area contributed by atoms with E-state index in [1.54, 1.807) is 7.11 Å². The minimum absolute atomic E-state index is 0.0589. The van der Waals surface area contributed by atoms with Crippen LogP contribution in [0.2, 0.25) is 0 Å². The van der Waals surface area contributed by atoms with Crippen LogP contribution < -0.4 is 15.8 Å². The van der Waals surface area contributed by atoms with Crippen molar-refractivity contribution in [2.24, 2.45) is 5.73 Å². The average molecular weight is 264 g/mol. The highest BCUT2D eigenvalue weighted by atomic mass is 16.5. The van der Waals surface area contributed by atoms with Gasteiger partial charge in [0.25, 0.3) is 0 Å². The van der Waals surface area contributed by atoms with Crippen LogP contribution in [0.3, 0.4) is 0 Å². The summed E-state index contributed by atoms with van der Waals surface area (Å²) >= 11 is 0. The van der Waals surface area contributed by atoms with Gasteiger partial charge in [-0.15, -0.1) is 0 Å². The fourth-order valence-electron chi connectivity index (χ4n) is 1.84. The molecule has 0 saturated carbocycles. The van der Waals surface area contributed by atoms with Crippen molar-refractivity contribution < 1.29 is 9.53 Å². The highest BCUT2D eigenvalue weighted by Crippen LogP contribution is 2.12. The number of unbranched alkanes of at least 4 members (excludes halogenated alkanes) is 1. The maximum absolute atomic E-state index is 11.7. The summed E-state index contributed by atoms with van der Waals surface area (Å²) in [5.41, 5.74) is 6.94. The second-order valence-electron chi connectivity index (χ2n) is 4.64. The Morgan fingerprint density at radius 2 is 2.26 bits per heavy atom. The van der Waals surface area contributed by atoms with Crippen molar-refractivity contribution in [3.63, 3.8) is 0 Å². The van der Waals surface area contributed by atoms with Crippen molar-refractivity contribution in [1.82, 2.24) is 5.32 Å². The fourth-order valence-corrected chi connectivity index (χ4v) is 1.84. The summed E-state index contributed by atoms with van der Waals surface area (Å²) in [5.74, 6) is 0.778. The lowest BCUT2D eigenvalue weighted by Crippen LogP contribution is -2.41. The van der Waals surface area contributed by atoms with Crippen molar-refractivity contribution in [3.05, 3.63) is 29.8 Å². The monoisotopic (exact) mass is 264 g/mol. The van der Waals surface area contributed by atoms with Gasteiger partial charge in [0, 0.05) is 6.54 Å². The molecule has 1 aromatic rings. The normalized spacial score (nSPS) is 11.9. The molecule has 106 valence electrons. The van der Waals surface area contributed by atoms with Crippen molar-refractivity contribution in [1.29, 1.82) is 0 Å². The Labute approximate surface area is 115 Å². The predicted molar refractivity (Wildman–Crippen MR) is 77.2 cm³/mol. The number of rotatable bonds is 8. The molecule has 1 aromatic carbocycles. The van der Waals surface area contributed by atoms with Crippen LogP contribution in [0.15, 0.2) is 24.3 Å². The van der Waals surface area contributed by atoms with E-state index in [2.05, 4.69) is 12.2 Å². The summed E-state index contributed by atoms with van der Waals surface area (Å²) in [6.07, 6.45) is 3.58. The topological polar surface area (TPSA) is 64.4 Å². The number of nitrogens with two attached hydrogens (primary N) is 1. The van der Waals surface area contributed by atoms with E-state index in [4.69, 9.17) is 10.5 Å². The maximum Gasteiger partial charge on any atom is 0.236 e. The minimum Gasteiger partial charge on any atom is -0.497 e. The first-order chi connectivity index (χ1) is 9.17. The Kier molecular flexibility index (Phi) is 6.97. The van der Waals surface area contributed by atoms with Crippen LogP contribution in [-0.4, -0.2) is 25.6 Å². The number of benzene rings is 1. The van der Waals surface area contributed by atoms with Crippen molar-refractivity contribution in [2.45, 2.75) is 38.6 Å². The zero-order chi connectivity index (χ0) is 14.1. The fraction of sp³-hybridized carbons (Fsp3) is 0.533. The SMILES string of the molecule is CCCC[C@H](N)C(=O)NCCc1cccc(OC)c1. The Balaban J connectivity index is 2.31. The zero-order valence-electron chi connectivity index (χ0n) is 11.8. The number of nitrogens with one attached hydrogen (secondary N) is 1. The first kappa shape index (κ1) is 15.5. The molecule has 0 fully saturated rings. The molecule has 0 unspecified atom stereocenters. The van der Waals surface area contributed by atoms with Gasteiger partial charge in [-0.2, -0.15) is 0 Å². The summed E-state index contributed by atoms with van der Waals surface area (Å²) < 4.78 is 5.16. The molecule has 0 aliphatic carbocycles. The summed E-state index contributed by atoms with van der Waals surface area (Å²) in [4.78, 5) is 11.7. The van der Waals surface area contributed by atoms with Crippen LogP contribution in [0, 0.1) is 0 Å². The molecule has 4 heteroatoms. The Morgan fingerprint density at radius 3 is 2.95 bits per heavy atom. The molecule has 0 aromatic heterocycles. The number of carbonyl (C=O) groups excluding carboxylic acids is 1. The van der Waals surface area contributed by atoms with E-state index in [1.807, 2.05) is 24.3 Å². The zero-order valence-corrected chi connectivity index (χ0v) is 11.8. The summed E-state index contributed by atoms with van der Waals surface area (Å²) in [6.45, 7) is 2.69. The molecule has 0 aliphatic heterocycles. The third kappa shape index (κ3) is 5.75. The number of carbonyl (C=O) groups is 1. The average Bonchev–Trinajstić information content (AvgIpc) is 2.44. The van der Waals surface area contributed by atoms with Gasteiger partial charge in [-0.05, 0) is 30.5 Å². The number of hydrogen-bond acceptors (Lipinski definition) is 3. The molecule has 0 heterocycles. The van der Waals surface area contributed by atoms with Crippen molar-refractivity contribution in [2.75, 3.05) is 13.7 Å². The maximum atomic E-state index is 11.7. The molecule has 19 heavy (non-hydrogen) atoms. The molecular formula is C15H24N2O2. The van der Waals surface area contributed by atoms with Gasteiger partial charge in [-0.1, -0.05) is 31.9 Å². The van der Waals surface area contributed by atoms with Gasteiger partial charge in [0.2, 0.25) is 5.91 Å². The van der Waals surface area contributed by atoms with E-state index in [0.717, 1.165) is 37.0 Å². The molecule has 1 atom stereocenters. The Morgan fingerprint density at radius 1 is 1.47 bits per heavy atom. The quantitative estimate of drug-likeness (QED) is 0.753. The number of amides is 1. The minimum atomic E-state index is -0.384. The first-order valence-corrected chi connectivity index (χ1v) is 6.83. The Hall–Kier alpha value is -1.55. The molecule has 4 nitrogen and oxygen atoms in total. The molecular weight excluding hydrogens is 240 g/mol. The highest BCUT2D eigenvalue weighted by Gasteiger charge is 2.11. The lowest BCUT2D eigenvalue weighted by atomic mass is 10.1. The molecule has 0 radical (unpaired) electrons. The first-order valence-electron chi connectivity index (χ1n) is 6.83. The Bertz CT molecular complexity index is 393. The van der Waals surface area contributed by atoms with E-state index >= 15 is 0 Å². The van der Waals surface area contributed by atoms with Gasteiger partial charge in [-0.25, -0.2) is 0 Å². The van der Waals surface area contributed by atoms with Crippen molar-refractivity contribution in [3.8, 4) is 5.75 Å². The van der Waals surface area contributed by atoms with Crippen LogP contribution in [0.1, 0.15) is 31.7 Å². The van der Waals surface area contributed by atoms with Gasteiger partial charge in [0.05, 0.1) is 13.2 Å². The van der Waals surface area contributed by atoms with E-state index in [1.165, 1.54) is 0 Å². The van der Waals surface area contributed by atoms with Crippen LogP contribution in [-0.2, 0) is 11.2 Å². The van der Waals surface area contributed by atoms with Gasteiger partial charge < -0.3 is 15.8 Å². The largest absolute Gasteiger partial charge is 0.497 e. The molecule has 0 spiro atoms. The number of hydrogen-bond donors (Lipinski definition) is 2. The van der Waals surface area contributed by atoms with E-state index < -0.39 is 0 Å². The van der Waals surface area contributed by atoms with E-state index in [9.17, 15) is 4.79 Å². The number of ether oxygens (including phenoxy) is 1. The van der Waals surface area contributed by atoms with Gasteiger partial charge in [-0.3, -0.25) is 4.79 Å². The summed E-state index contributed by atoms with van der Waals surface area (Å²) in [7, 11) is 1.65. The smallest absolute Gasteiger partial charge is 0.236 e. The van der Waals surface area contributed by atoms with Gasteiger partial charge in [0.1, 0.15) is 5.75 Å². The molecule has 0 aliphatic rings. The predicted octanol–water partition coefficient (Wildman–Crippen LogP) is 1.87. The lowest BCUT2D eigenvalue weighted by molar-refractivity contribution is -0.122. The highest BCUT2D eigenvalue weighted by molar-refractivity contribution is 5.81. The van der Waals surface area contributed by atoms with E-state index in [-0.39, 0.29) is 11.9 Å². The lowest BCUT2D eigenvalue weighted by Gasteiger charge is -2.11. The summed E-state index contributed by atoms with van der Waals surface area (Å²) in [6, 6.07) is 7.46. The third-order valence-corrected chi connectivity index (χ3v) is 3.05. The second-order valence-corrected chi connectivity index (χ2v) is 4.64. The standard InChI is InChI=1S/C15H24N2O2/c1-3-4-8-14(16)15(18)17-10-9-12-6-5-7-13(11-12)19-2/h5-7,11,14H,3-4,8-10,16H2,1-2H3,(H,17,18)/t14-/m0/s1. The van der Waals surface area contributed by atoms with Crippen LogP contribution in [0.25, 0.3) is 0 Å². The van der Waals surface area contributed by atoms with E-state index in [0.29, 0.717) is 6.54 Å². The molecule has 0 bridgehead atoms. The second kappa shape index (κ2) is 8.53. The molecule has 1 rings (SSSR count).